The Hall–Kier alpha value is -1.10. The molecule has 3 N–H and O–H groups in total. The largest absolute Gasteiger partial charge is 0.353 e. The maximum Gasteiger partial charge on any atom is 0.224 e. The van der Waals surface area contributed by atoms with Gasteiger partial charge in [-0.2, -0.15) is 0 Å². The maximum atomic E-state index is 11.8. The van der Waals surface area contributed by atoms with Crippen molar-refractivity contribution in [2.24, 2.45) is 11.7 Å². The number of carbonyl (C=O) groups is 2. The molecule has 17 heavy (non-hydrogen) atoms. The number of rotatable bonds is 3. The van der Waals surface area contributed by atoms with Crippen molar-refractivity contribution >= 4 is 11.8 Å². The van der Waals surface area contributed by atoms with Gasteiger partial charge in [-0.25, -0.2) is 0 Å². The highest BCUT2D eigenvalue weighted by Gasteiger charge is 2.24. The third kappa shape index (κ3) is 4.00. The van der Waals surface area contributed by atoms with Gasteiger partial charge in [0.05, 0.1) is 0 Å². The first-order valence-corrected chi connectivity index (χ1v) is 6.23. The second-order valence-electron chi connectivity index (χ2n) is 4.94. The number of hydrogen-bond donors (Lipinski definition) is 2. The lowest BCUT2D eigenvalue weighted by molar-refractivity contribution is -0.130. The van der Waals surface area contributed by atoms with Crippen LogP contribution in [0.1, 0.15) is 33.6 Å². The lowest BCUT2D eigenvalue weighted by atomic mass is 10.0. The molecule has 1 fully saturated rings. The first-order chi connectivity index (χ1) is 7.91. The highest BCUT2D eigenvalue weighted by Crippen LogP contribution is 2.11. The van der Waals surface area contributed by atoms with Crippen LogP contribution in [0.3, 0.4) is 0 Å². The molecule has 1 heterocycles. The molecule has 1 rings (SSSR count). The monoisotopic (exact) mass is 241 g/mol. The highest BCUT2D eigenvalue weighted by atomic mass is 16.2. The van der Waals surface area contributed by atoms with Gasteiger partial charge in [-0.05, 0) is 19.8 Å². The zero-order valence-corrected chi connectivity index (χ0v) is 10.9. The lowest BCUT2D eigenvalue weighted by Gasteiger charge is -2.32. The lowest BCUT2D eigenvalue weighted by Crippen LogP contribution is -2.49. The molecule has 0 aromatic rings. The average Bonchev–Trinajstić information content (AvgIpc) is 2.28. The normalized spacial score (nSPS) is 20.8. The summed E-state index contributed by atoms with van der Waals surface area (Å²) >= 11 is 0. The second kappa shape index (κ2) is 6.00. The quantitative estimate of drug-likeness (QED) is 0.735. The Kier molecular flexibility index (Phi) is 4.93. The van der Waals surface area contributed by atoms with Crippen LogP contribution in [0.2, 0.25) is 0 Å². The Balaban J connectivity index is 2.35. The van der Waals surface area contributed by atoms with Crippen molar-refractivity contribution in [3.63, 3.8) is 0 Å². The SMILES string of the molecule is CC(=O)N1CCC(NC(=O)C(C)C(C)N)CC1. The molecule has 5 nitrogen and oxygen atoms in total. The molecule has 0 aliphatic carbocycles. The Labute approximate surface area is 103 Å². The number of hydrogen-bond acceptors (Lipinski definition) is 3. The fourth-order valence-electron chi connectivity index (χ4n) is 1.91. The Morgan fingerprint density at radius 3 is 2.24 bits per heavy atom. The van der Waals surface area contributed by atoms with Crippen LogP contribution in [-0.2, 0) is 9.59 Å². The van der Waals surface area contributed by atoms with Gasteiger partial charge in [0.1, 0.15) is 0 Å². The summed E-state index contributed by atoms with van der Waals surface area (Å²) in [6.45, 7) is 6.71. The van der Waals surface area contributed by atoms with Crippen molar-refractivity contribution in [1.82, 2.24) is 10.2 Å². The van der Waals surface area contributed by atoms with E-state index in [2.05, 4.69) is 5.32 Å². The number of nitrogens with one attached hydrogen (secondary N) is 1. The molecule has 0 aromatic carbocycles. The third-order valence-corrected chi connectivity index (χ3v) is 3.49. The number of likely N-dealkylation sites (tertiary alicyclic amines) is 1. The van der Waals surface area contributed by atoms with Crippen LogP contribution in [0.25, 0.3) is 0 Å². The zero-order chi connectivity index (χ0) is 13.0. The fraction of sp³-hybridized carbons (Fsp3) is 0.833. The Morgan fingerprint density at radius 1 is 1.29 bits per heavy atom. The van der Waals surface area contributed by atoms with Crippen LogP contribution in [0, 0.1) is 5.92 Å². The van der Waals surface area contributed by atoms with E-state index in [9.17, 15) is 9.59 Å². The summed E-state index contributed by atoms with van der Waals surface area (Å²) in [6, 6.07) is 0.0478. The van der Waals surface area contributed by atoms with Crippen LogP contribution < -0.4 is 11.1 Å². The van der Waals surface area contributed by atoms with Crippen molar-refractivity contribution in [3.05, 3.63) is 0 Å². The number of nitrogens with zero attached hydrogens (tertiary/aromatic N) is 1. The van der Waals surface area contributed by atoms with Gasteiger partial charge in [0.15, 0.2) is 0 Å². The van der Waals surface area contributed by atoms with E-state index in [1.165, 1.54) is 0 Å². The molecule has 0 radical (unpaired) electrons. The molecule has 0 spiro atoms. The van der Waals surface area contributed by atoms with Gasteiger partial charge < -0.3 is 16.0 Å². The summed E-state index contributed by atoms with van der Waals surface area (Å²) in [5, 5.41) is 3.00. The van der Waals surface area contributed by atoms with Crippen LogP contribution in [-0.4, -0.2) is 41.9 Å². The van der Waals surface area contributed by atoms with Crippen LogP contribution in [0.4, 0.5) is 0 Å². The van der Waals surface area contributed by atoms with Crippen molar-refractivity contribution in [2.75, 3.05) is 13.1 Å². The number of amides is 2. The number of piperidine rings is 1. The van der Waals surface area contributed by atoms with E-state index >= 15 is 0 Å². The van der Waals surface area contributed by atoms with Crippen LogP contribution in [0.5, 0.6) is 0 Å². The van der Waals surface area contributed by atoms with E-state index < -0.39 is 0 Å². The molecule has 0 aromatic heterocycles. The summed E-state index contributed by atoms with van der Waals surface area (Å²) in [6.07, 6.45) is 1.66. The standard InChI is InChI=1S/C12H23N3O2/c1-8(9(2)13)12(17)14-11-4-6-15(7-5-11)10(3)16/h8-9,11H,4-7,13H2,1-3H3,(H,14,17). The number of carbonyl (C=O) groups excluding carboxylic acids is 2. The molecule has 2 atom stereocenters. The molecule has 1 aliphatic rings. The minimum Gasteiger partial charge on any atom is -0.353 e. The zero-order valence-electron chi connectivity index (χ0n) is 10.9. The molecule has 0 bridgehead atoms. The molecule has 2 unspecified atom stereocenters. The van der Waals surface area contributed by atoms with Gasteiger partial charge in [-0.3, -0.25) is 9.59 Å². The van der Waals surface area contributed by atoms with E-state index in [1.807, 2.05) is 18.7 Å². The predicted molar refractivity (Wildman–Crippen MR) is 66.2 cm³/mol. The van der Waals surface area contributed by atoms with Gasteiger partial charge in [-0.15, -0.1) is 0 Å². The van der Waals surface area contributed by atoms with Gasteiger partial charge in [0.25, 0.3) is 0 Å². The third-order valence-electron chi connectivity index (χ3n) is 3.49. The van der Waals surface area contributed by atoms with Gasteiger partial charge >= 0.3 is 0 Å². The highest BCUT2D eigenvalue weighted by molar-refractivity contribution is 5.79. The molecule has 2 amide bonds. The topological polar surface area (TPSA) is 75.4 Å². The summed E-state index contributed by atoms with van der Waals surface area (Å²) in [4.78, 5) is 24.8. The van der Waals surface area contributed by atoms with Gasteiger partial charge in [0, 0.05) is 38.0 Å². The Bertz CT molecular complexity index is 283. The van der Waals surface area contributed by atoms with E-state index in [1.54, 1.807) is 6.92 Å². The molecular weight excluding hydrogens is 218 g/mol. The van der Waals surface area contributed by atoms with Crippen molar-refractivity contribution in [3.8, 4) is 0 Å². The minimum absolute atomic E-state index is 0.0151. The molecule has 0 saturated carbocycles. The average molecular weight is 241 g/mol. The van der Waals surface area contributed by atoms with Crippen LogP contribution >= 0.6 is 0 Å². The van der Waals surface area contributed by atoms with Crippen molar-refractivity contribution in [2.45, 2.75) is 45.7 Å². The first kappa shape index (κ1) is 14.0. The predicted octanol–water partition coefficient (Wildman–Crippen LogP) is 0.0968. The molecule has 98 valence electrons. The molecule has 1 saturated heterocycles. The second-order valence-corrected chi connectivity index (χ2v) is 4.94. The molecule has 5 heteroatoms. The van der Waals surface area contributed by atoms with Crippen molar-refractivity contribution in [1.29, 1.82) is 0 Å². The van der Waals surface area contributed by atoms with Gasteiger partial charge in [0.2, 0.25) is 11.8 Å². The summed E-state index contributed by atoms with van der Waals surface area (Å²) < 4.78 is 0. The smallest absolute Gasteiger partial charge is 0.224 e. The fourth-order valence-corrected chi connectivity index (χ4v) is 1.91. The minimum atomic E-state index is -0.166. The maximum absolute atomic E-state index is 11.8. The van der Waals surface area contributed by atoms with Gasteiger partial charge in [-0.1, -0.05) is 6.92 Å². The number of nitrogens with two attached hydrogens (primary N) is 1. The first-order valence-electron chi connectivity index (χ1n) is 6.23. The van der Waals surface area contributed by atoms with E-state index in [-0.39, 0.29) is 29.8 Å². The Morgan fingerprint density at radius 2 is 1.82 bits per heavy atom. The van der Waals surface area contributed by atoms with E-state index in [4.69, 9.17) is 5.73 Å². The molecular formula is C12H23N3O2. The summed E-state index contributed by atoms with van der Waals surface area (Å²) in [7, 11) is 0. The summed E-state index contributed by atoms with van der Waals surface area (Å²) in [5.74, 6) is -0.0409. The molecule has 1 aliphatic heterocycles. The summed E-state index contributed by atoms with van der Waals surface area (Å²) in [5.41, 5.74) is 5.69. The van der Waals surface area contributed by atoms with E-state index in [0.29, 0.717) is 0 Å². The van der Waals surface area contributed by atoms with Crippen LogP contribution in [0.15, 0.2) is 0 Å². The van der Waals surface area contributed by atoms with Crippen molar-refractivity contribution < 1.29 is 9.59 Å². The van der Waals surface area contributed by atoms with E-state index in [0.717, 1.165) is 25.9 Å².